The molecule has 780 valence electrons. The number of amides is 6. The smallest absolute Gasteiger partial charge is 0.306 e. The number of nitrogens with one attached hydrogen (secondary N) is 7. The van der Waals surface area contributed by atoms with Gasteiger partial charge in [0.05, 0.1) is 36.8 Å². The Bertz CT molecular complexity index is 2960. The minimum Gasteiger partial charge on any atom is -0.462 e. The molecule has 0 saturated carbocycles. The van der Waals surface area contributed by atoms with Crippen LogP contribution in [0, 0.1) is 0 Å². The average molecular weight is 1970 g/mol. The molecule has 0 heterocycles. The quantitative estimate of drug-likeness (QED) is 0.00884. The van der Waals surface area contributed by atoms with E-state index in [1.165, 1.54) is 116 Å². The minimum absolute atomic E-state index is 0.0168. The van der Waals surface area contributed by atoms with Crippen molar-refractivity contribution in [3.8, 4) is 0 Å². The van der Waals surface area contributed by atoms with Crippen molar-refractivity contribution in [2.45, 2.75) is 379 Å². The number of ketones is 3. The average Bonchev–Trinajstić information content (AvgIpc) is 0.915. The van der Waals surface area contributed by atoms with Crippen LogP contribution in [0.5, 0.6) is 0 Å². The SMILES string of the molecule is CCC(=O)NC(CCC(=O)NCCSSCCCC(=O)CNCCN(CCNC(=O)C(N)CCCN)CCNC(=O)C(N)CCCN)C(=O)CCCSSCCNC(=O)CCCCN(CCCC(=O)C(N)CCCN)CCNC(=O)C(N)CCCN.CCCCCCCC/C=C\CCCCCCCC(=O)OC[C@@H](COC(=O)CC)OC(=O)CCCCCCC/C=C\CCCCCCCC. The van der Waals surface area contributed by atoms with Gasteiger partial charge < -0.3 is 102 Å². The van der Waals surface area contributed by atoms with Crippen LogP contribution in [0.25, 0.3) is 0 Å². The van der Waals surface area contributed by atoms with E-state index >= 15 is 0 Å². The summed E-state index contributed by atoms with van der Waals surface area (Å²) in [5.74, 6) is 0.637. The third-order valence-corrected chi connectivity index (χ3v) is 27.4. The molecule has 6 atom stereocenters. The lowest BCUT2D eigenvalue weighted by Crippen LogP contribution is -2.47. The number of allylic oxidation sites excluding steroid dienone is 4. The molecule has 0 bridgehead atoms. The van der Waals surface area contributed by atoms with Gasteiger partial charge in [-0.3, -0.25) is 62.4 Å². The molecule has 0 saturated heterocycles. The Balaban J connectivity index is 0. The second-order valence-electron chi connectivity index (χ2n) is 34.6. The highest BCUT2D eigenvalue weighted by Gasteiger charge is 2.24. The second kappa shape index (κ2) is 97.9. The van der Waals surface area contributed by atoms with Crippen molar-refractivity contribution in [1.82, 2.24) is 47.0 Å². The van der Waals surface area contributed by atoms with E-state index < -0.39 is 36.3 Å². The van der Waals surface area contributed by atoms with E-state index in [4.69, 9.17) is 60.1 Å². The van der Waals surface area contributed by atoms with E-state index in [1.54, 1.807) is 57.0 Å². The van der Waals surface area contributed by atoms with Crippen molar-refractivity contribution >= 4 is 114 Å². The lowest BCUT2D eigenvalue weighted by atomic mass is 10.0. The summed E-state index contributed by atoms with van der Waals surface area (Å²) in [6.07, 6.45) is 50.8. The molecule has 0 spiro atoms. The summed E-state index contributed by atoms with van der Waals surface area (Å²) < 4.78 is 16.1. The summed E-state index contributed by atoms with van der Waals surface area (Å²) in [7, 11) is 6.46. The van der Waals surface area contributed by atoms with Gasteiger partial charge in [0.15, 0.2) is 11.9 Å². The lowest BCUT2D eigenvalue weighted by molar-refractivity contribution is -0.166. The molecular formula is C98H189N17O15S4. The van der Waals surface area contributed by atoms with Gasteiger partial charge in [-0.15, -0.1) is 0 Å². The van der Waals surface area contributed by atoms with Gasteiger partial charge in [0.1, 0.15) is 24.8 Å². The molecule has 23 N–H and O–H groups in total. The van der Waals surface area contributed by atoms with E-state index in [0.29, 0.717) is 231 Å². The van der Waals surface area contributed by atoms with Crippen LogP contribution in [0.1, 0.15) is 342 Å². The van der Waals surface area contributed by atoms with Crippen molar-refractivity contribution in [1.29, 1.82) is 0 Å². The number of carbonyl (C=O) groups is 12. The van der Waals surface area contributed by atoms with Gasteiger partial charge in [-0.05, 0) is 193 Å². The Labute approximate surface area is 823 Å². The van der Waals surface area contributed by atoms with Crippen molar-refractivity contribution < 1.29 is 71.7 Å². The second-order valence-corrected chi connectivity index (χ2v) is 40.0. The van der Waals surface area contributed by atoms with Crippen LogP contribution >= 0.6 is 43.2 Å². The first-order valence-electron chi connectivity index (χ1n) is 51.5. The van der Waals surface area contributed by atoms with E-state index in [-0.39, 0.29) is 123 Å². The number of hydrogen-bond donors (Lipinski definition) is 15. The summed E-state index contributed by atoms with van der Waals surface area (Å²) in [6, 6.07) is -3.13. The largest absolute Gasteiger partial charge is 0.462 e. The summed E-state index contributed by atoms with van der Waals surface area (Å²) >= 11 is 0. The van der Waals surface area contributed by atoms with Crippen LogP contribution in [0.15, 0.2) is 24.3 Å². The first-order valence-corrected chi connectivity index (χ1v) is 56.4. The van der Waals surface area contributed by atoms with Gasteiger partial charge in [-0.2, -0.15) is 0 Å². The summed E-state index contributed by atoms with van der Waals surface area (Å²) in [4.78, 5) is 154. The fourth-order valence-electron chi connectivity index (χ4n) is 14.0. The van der Waals surface area contributed by atoms with Gasteiger partial charge in [0.2, 0.25) is 35.4 Å². The molecule has 0 aliphatic heterocycles. The monoisotopic (exact) mass is 1970 g/mol. The van der Waals surface area contributed by atoms with E-state index in [0.717, 1.165) is 63.5 Å². The summed E-state index contributed by atoms with van der Waals surface area (Å²) in [6.45, 7) is 16.0. The number of Topliss-reactive ketones (excluding diaryl/α,β-unsaturated/α-hetero) is 3. The number of nitrogens with zero attached hydrogens (tertiary/aromatic N) is 2. The third kappa shape index (κ3) is 87.0. The van der Waals surface area contributed by atoms with Crippen molar-refractivity contribution in [3.63, 3.8) is 0 Å². The molecule has 0 radical (unpaired) electrons. The molecule has 0 rings (SSSR count). The molecule has 6 amide bonds. The number of unbranched alkanes of at least 4 members (excludes halogenated alkanes) is 23. The standard InChI is InChI=1S/C56H113N17O9S4.C42H76O6/c1-2-51(77)71-48(50(76)18-11-39-84-86-40-30-66-52(78)19-3-4-32-72(33-9-17-49(75)44(61)13-5-22-57)35-27-68-54(80)45(62)14-6-23-58)20-21-53(79)67-31-41-85-83-38-10-12-43(74)42-65-26-34-73(36-28-69-55(81)46(63)15-7-24-59)37-29-70-56(82)47(64)16-8-25-60;1-4-7-9-11-13-15-17-19-21-23-25-27-29-31-33-35-41(44)47-38-39(37-46-40(43)6-3)48-42(45)36-34-32-30-28-26-24-22-20-18-16-14-12-10-8-5-2/h44-48,65H,2-42,57-64H2,1H3,(H,66,78)(H,67,79)(H,68,80)(H,69,81)(H,70,82)(H,71,77);19-22,39H,4-18,23-38H2,1-3H3/b;21-19-,22-20-/t;39-/m.1/s1. The van der Waals surface area contributed by atoms with Gasteiger partial charge in [0, 0.05) is 146 Å². The molecule has 32 nitrogen and oxygen atoms in total. The molecule has 0 aliphatic rings. The highest BCUT2D eigenvalue weighted by molar-refractivity contribution is 8.77. The van der Waals surface area contributed by atoms with E-state index in [2.05, 4.69) is 85.2 Å². The first-order chi connectivity index (χ1) is 64.9. The van der Waals surface area contributed by atoms with Crippen LogP contribution in [0.4, 0.5) is 0 Å². The Hall–Kier alpha value is -5.32. The zero-order valence-corrected chi connectivity index (χ0v) is 86.7. The maximum absolute atomic E-state index is 13.2. The molecule has 5 unspecified atom stereocenters. The number of ether oxygens (including phenoxy) is 3. The number of nitrogens with two attached hydrogens (primary N) is 8. The Kier molecular flexibility index (Phi) is 95.5. The molecule has 134 heavy (non-hydrogen) atoms. The highest BCUT2D eigenvalue weighted by atomic mass is 33.1. The van der Waals surface area contributed by atoms with Crippen LogP contribution in [-0.2, 0) is 71.7 Å². The third-order valence-electron chi connectivity index (χ3n) is 22.4. The van der Waals surface area contributed by atoms with E-state index in [9.17, 15) is 57.5 Å². The number of carbonyl (C=O) groups excluding carboxylic acids is 12. The molecule has 0 fully saturated rings. The molecule has 0 aliphatic carbocycles. The summed E-state index contributed by atoms with van der Waals surface area (Å²) in [5.41, 5.74) is 46.1. The normalized spacial score (nSPS) is 12.8. The molecule has 0 aromatic carbocycles. The van der Waals surface area contributed by atoms with Gasteiger partial charge in [-0.1, -0.05) is 198 Å². The first kappa shape index (κ1) is 131. The maximum Gasteiger partial charge on any atom is 0.306 e. The van der Waals surface area contributed by atoms with Crippen LogP contribution in [0.2, 0.25) is 0 Å². The molecule has 0 aromatic rings. The fraction of sp³-hybridized carbons (Fsp3) is 0.837. The molecule has 0 aromatic heterocycles. The highest BCUT2D eigenvalue weighted by Crippen LogP contribution is 2.24. The van der Waals surface area contributed by atoms with E-state index in [1.807, 2.05) is 0 Å². The zero-order valence-electron chi connectivity index (χ0n) is 83.5. The number of rotatable bonds is 97. The van der Waals surface area contributed by atoms with Gasteiger partial charge >= 0.3 is 17.9 Å². The fourth-order valence-corrected chi connectivity index (χ4v) is 18.0. The van der Waals surface area contributed by atoms with Crippen LogP contribution in [-0.4, -0.2) is 264 Å². The van der Waals surface area contributed by atoms with Crippen LogP contribution in [0.3, 0.4) is 0 Å². The predicted octanol–water partition coefficient (Wildman–Crippen LogP) is 11.2. The predicted molar refractivity (Wildman–Crippen MR) is 555 cm³/mol. The minimum atomic E-state index is -0.769. The zero-order chi connectivity index (χ0) is 99.2. The number of esters is 3. The molecule has 36 heteroatoms. The topological polar surface area (TPSA) is 531 Å². The summed E-state index contributed by atoms with van der Waals surface area (Å²) in [5, 5.41) is 20.5. The maximum atomic E-state index is 13.2. The Morgan fingerprint density at radius 2 is 0.701 bits per heavy atom. The van der Waals surface area contributed by atoms with Crippen molar-refractivity contribution in [3.05, 3.63) is 24.3 Å². The van der Waals surface area contributed by atoms with Gasteiger partial charge in [-0.25, -0.2) is 0 Å². The number of hydrogen-bond acceptors (Lipinski definition) is 30. The van der Waals surface area contributed by atoms with Gasteiger partial charge in [0.25, 0.3) is 0 Å². The van der Waals surface area contributed by atoms with Crippen molar-refractivity contribution in [2.24, 2.45) is 45.9 Å². The van der Waals surface area contributed by atoms with Crippen molar-refractivity contribution in [2.75, 3.05) is 147 Å². The van der Waals surface area contributed by atoms with Crippen LogP contribution < -0.4 is 83.1 Å². The Morgan fingerprint density at radius 3 is 1.16 bits per heavy atom. The molecular weight excluding hydrogens is 1780 g/mol. The lowest BCUT2D eigenvalue weighted by Gasteiger charge is -2.24. The Morgan fingerprint density at radius 1 is 0.321 bits per heavy atom.